The van der Waals surface area contributed by atoms with Crippen LogP contribution in [0.5, 0.6) is 0 Å². The first-order valence-electron chi connectivity index (χ1n) is 6.44. The number of urea groups is 1. The summed E-state index contributed by atoms with van der Waals surface area (Å²) in [4.78, 5) is 23.1. The molecule has 0 bridgehead atoms. The molecule has 0 saturated carbocycles. The minimum atomic E-state index is -1.08. The van der Waals surface area contributed by atoms with Crippen LogP contribution < -0.4 is 10.6 Å². The number of nitrogens with one attached hydrogen (secondary N) is 2. The lowest BCUT2D eigenvalue weighted by Crippen LogP contribution is -2.21. The van der Waals surface area contributed by atoms with Crippen LogP contribution in [0.1, 0.15) is 21.5 Å². The first-order chi connectivity index (χ1) is 9.95. The average Bonchev–Trinajstić information content (AvgIpc) is 2.40. The van der Waals surface area contributed by atoms with Crippen molar-refractivity contribution in [2.75, 3.05) is 10.6 Å². The molecule has 0 aliphatic rings. The summed E-state index contributed by atoms with van der Waals surface area (Å²) < 4.78 is 0. The summed E-state index contributed by atoms with van der Waals surface area (Å²) in [5.41, 5.74) is 2.82. The van der Waals surface area contributed by atoms with Gasteiger partial charge in [-0.3, -0.25) is 0 Å². The zero-order chi connectivity index (χ0) is 15.4. The topological polar surface area (TPSA) is 78.4 Å². The summed E-state index contributed by atoms with van der Waals surface area (Å²) in [6.45, 7) is 3.72. The van der Waals surface area contributed by atoms with Crippen LogP contribution >= 0.6 is 0 Å². The van der Waals surface area contributed by atoms with E-state index in [4.69, 9.17) is 5.11 Å². The van der Waals surface area contributed by atoms with Crippen LogP contribution in [-0.4, -0.2) is 17.1 Å². The van der Waals surface area contributed by atoms with Gasteiger partial charge in [-0.25, -0.2) is 9.59 Å². The van der Waals surface area contributed by atoms with Crippen molar-refractivity contribution in [1.82, 2.24) is 0 Å². The van der Waals surface area contributed by atoms with Gasteiger partial charge in [0.05, 0.1) is 11.3 Å². The Bertz CT molecular complexity index is 696. The van der Waals surface area contributed by atoms with Gasteiger partial charge in [0, 0.05) is 5.69 Å². The molecule has 0 aliphatic carbocycles. The fourth-order valence-electron chi connectivity index (χ4n) is 1.95. The van der Waals surface area contributed by atoms with Crippen molar-refractivity contribution in [2.24, 2.45) is 0 Å². The van der Waals surface area contributed by atoms with E-state index in [0.29, 0.717) is 5.69 Å². The molecule has 2 aromatic rings. The molecule has 0 atom stereocenters. The number of carbonyl (C=O) groups excluding carboxylic acids is 1. The van der Waals surface area contributed by atoms with E-state index < -0.39 is 12.0 Å². The third-order valence-corrected chi connectivity index (χ3v) is 2.93. The zero-order valence-corrected chi connectivity index (χ0v) is 11.8. The number of aryl methyl sites for hydroxylation is 2. The van der Waals surface area contributed by atoms with Crippen LogP contribution in [0.25, 0.3) is 0 Å². The van der Waals surface area contributed by atoms with Gasteiger partial charge in [0.2, 0.25) is 0 Å². The number of carboxylic acids is 1. The van der Waals surface area contributed by atoms with Gasteiger partial charge in [-0.15, -0.1) is 0 Å². The second-order valence-electron chi connectivity index (χ2n) is 4.80. The highest BCUT2D eigenvalue weighted by Gasteiger charge is 2.12. The number of benzene rings is 2. The number of carbonyl (C=O) groups is 2. The molecular formula is C16H16N2O3. The first-order valence-corrected chi connectivity index (χ1v) is 6.44. The Hall–Kier alpha value is -2.82. The van der Waals surface area contributed by atoms with Crippen molar-refractivity contribution in [3.63, 3.8) is 0 Å². The van der Waals surface area contributed by atoms with Crippen LogP contribution in [0.3, 0.4) is 0 Å². The van der Waals surface area contributed by atoms with Crippen LogP contribution in [0.15, 0.2) is 42.5 Å². The maximum Gasteiger partial charge on any atom is 0.337 e. The van der Waals surface area contributed by atoms with Gasteiger partial charge in [-0.1, -0.05) is 23.8 Å². The molecule has 0 spiro atoms. The fourth-order valence-corrected chi connectivity index (χ4v) is 1.95. The predicted octanol–water partition coefficient (Wildman–Crippen LogP) is 3.65. The van der Waals surface area contributed by atoms with Crippen LogP contribution in [0.2, 0.25) is 0 Å². The molecule has 0 heterocycles. The maximum atomic E-state index is 11.9. The molecule has 0 aromatic heterocycles. The number of carboxylic acid groups (broad SMARTS) is 1. The Morgan fingerprint density at radius 3 is 2.33 bits per heavy atom. The highest BCUT2D eigenvalue weighted by molar-refractivity contribution is 6.04. The van der Waals surface area contributed by atoms with Gasteiger partial charge in [-0.2, -0.15) is 0 Å². The first kappa shape index (κ1) is 14.6. The smallest absolute Gasteiger partial charge is 0.337 e. The van der Waals surface area contributed by atoms with E-state index in [9.17, 15) is 9.59 Å². The van der Waals surface area contributed by atoms with Crippen molar-refractivity contribution in [3.05, 3.63) is 59.2 Å². The Balaban J connectivity index is 2.15. The standard InChI is InChI=1S/C16H16N2O3/c1-10-4-3-5-12(8-10)17-16(21)18-14-7-6-11(2)9-13(14)15(19)20/h3-9H,1-2H3,(H,19,20)(H2,17,18,21). The molecule has 2 aromatic carbocycles. The molecule has 0 radical (unpaired) electrons. The highest BCUT2D eigenvalue weighted by Crippen LogP contribution is 2.18. The Morgan fingerprint density at radius 2 is 1.67 bits per heavy atom. The number of hydrogen-bond donors (Lipinski definition) is 3. The number of aromatic carboxylic acids is 1. The van der Waals surface area contributed by atoms with E-state index in [2.05, 4.69) is 10.6 Å². The summed E-state index contributed by atoms with van der Waals surface area (Å²) in [6.07, 6.45) is 0. The molecule has 108 valence electrons. The van der Waals surface area contributed by atoms with Crippen LogP contribution in [0, 0.1) is 13.8 Å². The highest BCUT2D eigenvalue weighted by atomic mass is 16.4. The molecule has 0 unspecified atom stereocenters. The lowest BCUT2D eigenvalue weighted by Gasteiger charge is -2.11. The van der Waals surface area contributed by atoms with Gasteiger partial charge in [-0.05, 0) is 43.7 Å². The molecule has 3 N–H and O–H groups in total. The van der Waals surface area contributed by atoms with Crippen molar-refractivity contribution in [3.8, 4) is 0 Å². The largest absolute Gasteiger partial charge is 0.478 e. The summed E-state index contributed by atoms with van der Waals surface area (Å²) in [5, 5.41) is 14.4. The third kappa shape index (κ3) is 3.82. The van der Waals surface area contributed by atoms with E-state index in [-0.39, 0.29) is 11.3 Å². The maximum absolute atomic E-state index is 11.9. The quantitative estimate of drug-likeness (QED) is 0.805. The van der Waals surface area contributed by atoms with Gasteiger partial charge in [0.1, 0.15) is 0 Å². The fraction of sp³-hybridized carbons (Fsp3) is 0.125. The summed E-state index contributed by atoms with van der Waals surface area (Å²) in [5.74, 6) is -1.08. The van der Waals surface area contributed by atoms with Crippen molar-refractivity contribution >= 4 is 23.4 Å². The van der Waals surface area contributed by atoms with Crippen LogP contribution in [-0.2, 0) is 0 Å². The summed E-state index contributed by atoms with van der Waals surface area (Å²) in [6, 6.07) is 11.7. The second-order valence-corrected chi connectivity index (χ2v) is 4.80. The van der Waals surface area contributed by atoms with E-state index in [0.717, 1.165) is 11.1 Å². The molecule has 0 fully saturated rings. The van der Waals surface area contributed by atoms with Gasteiger partial charge in [0.25, 0.3) is 0 Å². The molecule has 0 aliphatic heterocycles. The normalized spacial score (nSPS) is 10.0. The zero-order valence-electron chi connectivity index (χ0n) is 11.8. The summed E-state index contributed by atoms with van der Waals surface area (Å²) >= 11 is 0. The van der Waals surface area contributed by atoms with E-state index in [1.807, 2.05) is 25.1 Å². The molecule has 5 heteroatoms. The van der Waals surface area contributed by atoms with E-state index in [1.165, 1.54) is 6.07 Å². The number of rotatable bonds is 3. The minimum absolute atomic E-state index is 0.0643. The van der Waals surface area contributed by atoms with Crippen molar-refractivity contribution in [2.45, 2.75) is 13.8 Å². The number of hydrogen-bond acceptors (Lipinski definition) is 2. The van der Waals surface area contributed by atoms with E-state index in [1.54, 1.807) is 25.1 Å². The molecule has 0 saturated heterocycles. The molecular weight excluding hydrogens is 268 g/mol. The van der Waals surface area contributed by atoms with Gasteiger partial charge >= 0.3 is 12.0 Å². The Labute approximate surface area is 122 Å². The van der Waals surface area contributed by atoms with Gasteiger partial charge < -0.3 is 15.7 Å². The lowest BCUT2D eigenvalue weighted by atomic mass is 10.1. The predicted molar refractivity (Wildman–Crippen MR) is 82.0 cm³/mol. The van der Waals surface area contributed by atoms with Crippen molar-refractivity contribution < 1.29 is 14.7 Å². The minimum Gasteiger partial charge on any atom is -0.478 e. The average molecular weight is 284 g/mol. The van der Waals surface area contributed by atoms with E-state index >= 15 is 0 Å². The lowest BCUT2D eigenvalue weighted by molar-refractivity contribution is 0.0698. The molecule has 2 rings (SSSR count). The number of anilines is 2. The molecule has 21 heavy (non-hydrogen) atoms. The second kappa shape index (κ2) is 6.09. The Morgan fingerprint density at radius 1 is 0.952 bits per heavy atom. The third-order valence-electron chi connectivity index (χ3n) is 2.93. The molecule has 5 nitrogen and oxygen atoms in total. The van der Waals surface area contributed by atoms with Crippen LogP contribution in [0.4, 0.5) is 16.2 Å². The SMILES string of the molecule is Cc1cccc(NC(=O)Nc2ccc(C)cc2C(=O)O)c1. The Kier molecular flexibility index (Phi) is 4.23. The summed E-state index contributed by atoms with van der Waals surface area (Å²) in [7, 11) is 0. The molecule has 2 amide bonds. The monoisotopic (exact) mass is 284 g/mol. The number of amides is 2. The van der Waals surface area contributed by atoms with Gasteiger partial charge in [0.15, 0.2) is 0 Å². The van der Waals surface area contributed by atoms with Crippen molar-refractivity contribution in [1.29, 1.82) is 0 Å².